The van der Waals surface area contributed by atoms with Gasteiger partial charge in [-0.1, -0.05) is 30.3 Å². The number of benzene rings is 1. The maximum Gasteiger partial charge on any atom is 0.252 e. The molecule has 19 heavy (non-hydrogen) atoms. The van der Waals surface area contributed by atoms with Gasteiger partial charge < -0.3 is 10.3 Å². The van der Waals surface area contributed by atoms with Crippen LogP contribution < -0.4 is 10.9 Å². The molecule has 2 rings (SSSR count). The quantitative estimate of drug-likeness (QED) is 0.863. The van der Waals surface area contributed by atoms with Crippen LogP contribution in [0, 0.1) is 6.92 Å². The topological polar surface area (TPSA) is 44.9 Å². The molecular formula is C16H20N2O. The molecule has 0 spiro atoms. The molecule has 0 bridgehead atoms. The van der Waals surface area contributed by atoms with E-state index in [9.17, 15) is 4.79 Å². The van der Waals surface area contributed by atoms with Crippen molar-refractivity contribution < 1.29 is 0 Å². The number of nitrogens with one attached hydrogen (secondary N) is 2. The molecule has 100 valence electrons. The van der Waals surface area contributed by atoms with Crippen LogP contribution in [-0.2, 0) is 13.0 Å². The van der Waals surface area contributed by atoms with Gasteiger partial charge in [-0.25, -0.2) is 0 Å². The van der Waals surface area contributed by atoms with Crippen molar-refractivity contribution in [3.8, 4) is 0 Å². The predicted octanol–water partition coefficient (Wildman–Crippen LogP) is 2.40. The molecule has 2 aromatic rings. The average Bonchev–Trinajstić information content (AvgIpc) is 2.40. The molecule has 1 unspecified atom stereocenters. The lowest BCUT2D eigenvalue weighted by Crippen LogP contribution is -2.30. The summed E-state index contributed by atoms with van der Waals surface area (Å²) >= 11 is 0. The van der Waals surface area contributed by atoms with Crippen molar-refractivity contribution in [2.75, 3.05) is 0 Å². The smallest absolute Gasteiger partial charge is 0.252 e. The van der Waals surface area contributed by atoms with Crippen molar-refractivity contribution in [1.82, 2.24) is 10.3 Å². The van der Waals surface area contributed by atoms with Crippen LogP contribution in [0.3, 0.4) is 0 Å². The summed E-state index contributed by atoms with van der Waals surface area (Å²) in [6.07, 6.45) is 2.63. The minimum atomic E-state index is -0.0157. The molecule has 0 radical (unpaired) electrons. The third-order valence-corrected chi connectivity index (χ3v) is 3.33. The normalized spacial score (nSPS) is 12.3. The van der Waals surface area contributed by atoms with Crippen molar-refractivity contribution >= 4 is 0 Å². The summed E-state index contributed by atoms with van der Waals surface area (Å²) in [4.78, 5) is 14.2. The standard InChI is InChI=1S/C16H20N2O/c1-12-6-3-4-7-14(12)10-13(2)18-11-15-8-5-9-17-16(15)19/h3-9,13,18H,10-11H2,1-2H3,(H,17,19). The zero-order valence-corrected chi connectivity index (χ0v) is 11.4. The van der Waals surface area contributed by atoms with E-state index in [1.165, 1.54) is 11.1 Å². The summed E-state index contributed by atoms with van der Waals surface area (Å²) in [5.74, 6) is 0. The zero-order chi connectivity index (χ0) is 13.7. The van der Waals surface area contributed by atoms with Gasteiger partial charge in [-0.05, 0) is 37.5 Å². The molecule has 1 aromatic heterocycles. The fraction of sp³-hybridized carbons (Fsp3) is 0.312. The Morgan fingerprint density at radius 1 is 1.16 bits per heavy atom. The molecule has 0 aliphatic carbocycles. The number of H-pyrrole nitrogens is 1. The first-order valence-electron chi connectivity index (χ1n) is 6.61. The van der Waals surface area contributed by atoms with Gasteiger partial charge >= 0.3 is 0 Å². The summed E-state index contributed by atoms with van der Waals surface area (Å²) < 4.78 is 0. The second-order valence-corrected chi connectivity index (χ2v) is 4.94. The first-order valence-corrected chi connectivity index (χ1v) is 6.61. The first kappa shape index (κ1) is 13.6. The summed E-state index contributed by atoms with van der Waals surface area (Å²) in [6.45, 7) is 4.87. The SMILES string of the molecule is Cc1ccccc1CC(C)NCc1ccc[nH]c1=O. The second kappa shape index (κ2) is 6.34. The lowest BCUT2D eigenvalue weighted by atomic mass is 10.0. The molecule has 0 aliphatic heterocycles. The van der Waals surface area contributed by atoms with Crippen molar-refractivity contribution in [1.29, 1.82) is 0 Å². The number of hydrogen-bond acceptors (Lipinski definition) is 2. The van der Waals surface area contributed by atoms with Gasteiger partial charge in [-0.3, -0.25) is 4.79 Å². The molecule has 1 heterocycles. The van der Waals surface area contributed by atoms with Crippen molar-refractivity contribution in [3.63, 3.8) is 0 Å². The lowest BCUT2D eigenvalue weighted by Gasteiger charge is -2.15. The Morgan fingerprint density at radius 3 is 2.63 bits per heavy atom. The van der Waals surface area contributed by atoms with E-state index in [0.717, 1.165) is 12.0 Å². The Bertz CT molecular complexity index is 589. The summed E-state index contributed by atoms with van der Waals surface area (Å²) in [5.41, 5.74) is 3.43. The van der Waals surface area contributed by atoms with Crippen molar-refractivity contribution in [2.45, 2.75) is 32.9 Å². The Hall–Kier alpha value is -1.87. The molecule has 0 fully saturated rings. The number of pyridine rings is 1. The largest absolute Gasteiger partial charge is 0.329 e. The number of aromatic amines is 1. The third-order valence-electron chi connectivity index (χ3n) is 3.33. The highest BCUT2D eigenvalue weighted by Gasteiger charge is 2.06. The van der Waals surface area contributed by atoms with Gasteiger partial charge in [-0.15, -0.1) is 0 Å². The van der Waals surface area contributed by atoms with Gasteiger partial charge in [0.15, 0.2) is 0 Å². The van der Waals surface area contributed by atoms with Gasteiger partial charge in [0.2, 0.25) is 0 Å². The van der Waals surface area contributed by atoms with Gasteiger partial charge in [0, 0.05) is 24.3 Å². The van der Waals surface area contributed by atoms with Crippen LogP contribution in [0.1, 0.15) is 23.6 Å². The molecule has 1 aromatic carbocycles. The van der Waals surface area contributed by atoms with E-state index in [2.05, 4.69) is 48.4 Å². The Kier molecular flexibility index (Phi) is 4.53. The van der Waals surface area contributed by atoms with Gasteiger partial charge in [-0.2, -0.15) is 0 Å². The zero-order valence-electron chi connectivity index (χ0n) is 11.4. The fourth-order valence-corrected chi connectivity index (χ4v) is 2.12. The highest BCUT2D eigenvalue weighted by atomic mass is 16.1. The van der Waals surface area contributed by atoms with Crippen molar-refractivity contribution in [3.05, 3.63) is 69.6 Å². The monoisotopic (exact) mass is 256 g/mol. The van der Waals surface area contributed by atoms with E-state index in [1.54, 1.807) is 6.20 Å². The van der Waals surface area contributed by atoms with E-state index in [0.29, 0.717) is 12.6 Å². The van der Waals surface area contributed by atoms with Crippen LogP contribution >= 0.6 is 0 Å². The molecule has 0 saturated carbocycles. The van der Waals surface area contributed by atoms with Crippen LogP contribution in [0.15, 0.2) is 47.4 Å². The van der Waals surface area contributed by atoms with E-state index < -0.39 is 0 Å². The maximum atomic E-state index is 11.5. The molecule has 0 saturated heterocycles. The summed E-state index contributed by atoms with van der Waals surface area (Å²) in [5, 5.41) is 3.40. The highest BCUT2D eigenvalue weighted by molar-refractivity contribution is 5.26. The Labute approximate surface area is 113 Å². The van der Waals surface area contributed by atoms with E-state index in [4.69, 9.17) is 0 Å². The van der Waals surface area contributed by atoms with Crippen LogP contribution in [0.25, 0.3) is 0 Å². The number of rotatable bonds is 5. The number of aromatic nitrogens is 1. The van der Waals surface area contributed by atoms with Crippen LogP contribution in [0.2, 0.25) is 0 Å². The molecule has 0 amide bonds. The summed E-state index contributed by atoms with van der Waals surface area (Å²) in [6, 6.07) is 12.4. The van der Waals surface area contributed by atoms with Gasteiger partial charge in [0.1, 0.15) is 0 Å². The molecule has 0 aliphatic rings. The molecule has 2 N–H and O–H groups in total. The minimum absolute atomic E-state index is 0.0157. The number of aryl methyl sites for hydroxylation is 1. The van der Waals surface area contributed by atoms with E-state index in [1.807, 2.05) is 12.1 Å². The van der Waals surface area contributed by atoms with Gasteiger partial charge in [0.25, 0.3) is 5.56 Å². The van der Waals surface area contributed by atoms with E-state index in [-0.39, 0.29) is 5.56 Å². The molecular weight excluding hydrogens is 236 g/mol. The average molecular weight is 256 g/mol. The van der Waals surface area contributed by atoms with Crippen LogP contribution in [0.4, 0.5) is 0 Å². The first-order chi connectivity index (χ1) is 9.16. The third kappa shape index (κ3) is 3.80. The fourth-order valence-electron chi connectivity index (χ4n) is 2.12. The van der Waals surface area contributed by atoms with E-state index >= 15 is 0 Å². The minimum Gasteiger partial charge on any atom is -0.329 e. The second-order valence-electron chi connectivity index (χ2n) is 4.94. The van der Waals surface area contributed by atoms with Crippen LogP contribution in [-0.4, -0.2) is 11.0 Å². The maximum absolute atomic E-state index is 11.5. The summed E-state index contributed by atoms with van der Waals surface area (Å²) in [7, 11) is 0. The highest BCUT2D eigenvalue weighted by Crippen LogP contribution is 2.09. The Morgan fingerprint density at radius 2 is 1.89 bits per heavy atom. The van der Waals surface area contributed by atoms with Crippen molar-refractivity contribution in [2.24, 2.45) is 0 Å². The molecule has 3 nitrogen and oxygen atoms in total. The Balaban J connectivity index is 1.92. The number of hydrogen-bond donors (Lipinski definition) is 2. The van der Waals surface area contributed by atoms with Crippen LogP contribution in [0.5, 0.6) is 0 Å². The molecule has 3 heteroatoms. The molecule has 1 atom stereocenters. The lowest BCUT2D eigenvalue weighted by molar-refractivity contribution is 0.542. The van der Waals surface area contributed by atoms with Gasteiger partial charge in [0.05, 0.1) is 0 Å². The predicted molar refractivity (Wildman–Crippen MR) is 78.2 cm³/mol.